The number of hydrogen-bond acceptors (Lipinski definition) is 5. The standard InChI is InChI=1S/C15H16N6/c1-21-15-12(8-19-21)14(17-9-18-15)20-11-4-5-13-10(7-11)3-2-6-16-13/h4-5,7-9,16H,2-3,6H2,1H3,(H,17,18,20). The van der Waals surface area contributed by atoms with E-state index in [0.29, 0.717) is 0 Å². The third kappa shape index (κ3) is 2.08. The van der Waals surface area contributed by atoms with E-state index in [1.54, 1.807) is 17.2 Å². The van der Waals surface area contributed by atoms with Crippen molar-refractivity contribution < 1.29 is 0 Å². The topological polar surface area (TPSA) is 67.7 Å². The largest absolute Gasteiger partial charge is 0.385 e. The Labute approximate surface area is 122 Å². The van der Waals surface area contributed by atoms with Gasteiger partial charge in [-0.2, -0.15) is 5.10 Å². The monoisotopic (exact) mass is 280 g/mol. The lowest BCUT2D eigenvalue weighted by Gasteiger charge is -2.19. The van der Waals surface area contributed by atoms with E-state index in [2.05, 4.69) is 43.9 Å². The highest BCUT2D eigenvalue weighted by molar-refractivity contribution is 5.88. The molecule has 1 aromatic carbocycles. The van der Waals surface area contributed by atoms with Gasteiger partial charge >= 0.3 is 0 Å². The average Bonchev–Trinajstić information content (AvgIpc) is 2.90. The average molecular weight is 280 g/mol. The first-order chi connectivity index (χ1) is 10.3. The van der Waals surface area contributed by atoms with Crippen LogP contribution in [0.4, 0.5) is 17.2 Å². The zero-order chi connectivity index (χ0) is 14.2. The molecule has 1 aliphatic heterocycles. The summed E-state index contributed by atoms with van der Waals surface area (Å²) < 4.78 is 1.75. The molecule has 4 rings (SSSR count). The zero-order valence-corrected chi connectivity index (χ0v) is 11.8. The minimum absolute atomic E-state index is 0.789. The van der Waals surface area contributed by atoms with E-state index < -0.39 is 0 Å². The smallest absolute Gasteiger partial charge is 0.163 e. The van der Waals surface area contributed by atoms with E-state index in [9.17, 15) is 0 Å². The zero-order valence-electron chi connectivity index (χ0n) is 11.8. The van der Waals surface area contributed by atoms with Crippen LogP contribution in [0, 0.1) is 0 Å². The van der Waals surface area contributed by atoms with Crippen molar-refractivity contribution in [2.75, 3.05) is 17.2 Å². The lowest BCUT2D eigenvalue weighted by atomic mass is 10.0. The quantitative estimate of drug-likeness (QED) is 0.754. The summed E-state index contributed by atoms with van der Waals surface area (Å²) in [6.07, 6.45) is 5.64. The fourth-order valence-corrected chi connectivity index (χ4v) is 2.75. The van der Waals surface area contributed by atoms with Gasteiger partial charge < -0.3 is 10.6 Å². The molecule has 6 nitrogen and oxygen atoms in total. The highest BCUT2D eigenvalue weighted by atomic mass is 15.3. The molecule has 21 heavy (non-hydrogen) atoms. The molecule has 0 unspecified atom stereocenters. The molecule has 0 atom stereocenters. The fourth-order valence-electron chi connectivity index (χ4n) is 2.75. The van der Waals surface area contributed by atoms with E-state index in [0.717, 1.165) is 35.5 Å². The summed E-state index contributed by atoms with van der Waals surface area (Å²) in [6, 6.07) is 6.38. The summed E-state index contributed by atoms with van der Waals surface area (Å²) in [5.74, 6) is 0.789. The number of nitrogens with zero attached hydrogens (tertiary/aromatic N) is 4. The van der Waals surface area contributed by atoms with Crippen molar-refractivity contribution in [3.63, 3.8) is 0 Å². The Balaban J connectivity index is 1.71. The van der Waals surface area contributed by atoms with Gasteiger partial charge in [-0.15, -0.1) is 0 Å². The lowest BCUT2D eigenvalue weighted by molar-refractivity contribution is 0.785. The van der Waals surface area contributed by atoms with Gasteiger partial charge in [-0.25, -0.2) is 9.97 Å². The summed E-state index contributed by atoms with van der Waals surface area (Å²) in [6.45, 7) is 1.06. The molecule has 0 radical (unpaired) electrons. The first kappa shape index (κ1) is 12.1. The fraction of sp³-hybridized carbons (Fsp3) is 0.267. The number of rotatable bonds is 2. The molecular formula is C15H16N6. The van der Waals surface area contributed by atoms with Gasteiger partial charge in [-0.3, -0.25) is 4.68 Å². The maximum absolute atomic E-state index is 4.34. The van der Waals surface area contributed by atoms with Crippen LogP contribution in [0.1, 0.15) is 12.0 Å². The summed E-state index contributed by atoms with van der Waals surface area (Å²) in [5, 5.41) is 12.0. The van der Waals surface area contributed by atoms with Crippen molar-refractivity contribution >= 4 is 28.2 Å². The maximum Gasteiger partial charge on any atom is 0.163 e. The van der Waals surface area contributed by atoms with E-state index in [1.165, 1.54) is 17.7 Å². The van der Waals surface area contributed by atoms with Crippen LogP contribution in [0.25, 0.3) is 11.0 Å². The molecule has 0 spiro atoms. The first-order valence-electron chi connectivity index (χ1n) is 7.08. The molecule has 0 amide bonds. The van der Waals surface area contributed by atoms with E-state index in [4.69, 9.17) is 0 Å². The van der Waals surface area contributed by atoms with Crippen molar-refractivity contribution in [1.29, 1.82) is 0 Å². The van der Waals surface area contributed by atoms with Gasteiger partial charge in [-0.05, 0) is 36.6 Å². The van der Waals surface area contributed by atoms with Crippen LogP contribution in [0.5, 0.6) is 0 Å². The first-order valence-corrected chi connectivity index (χ1v) is 7.08. The Hall–Kier alpha value is -2.63. The second-order valence-corrected chi connectivity index (χ2v) is 5.25. The highest BCUT2D eigenvalue weighted by Gasteiger charge is 2.11. The summed E-state index contributed by atoms with van der Waals surface area (Å²) >= 11 is 0. The predicted octanol–water partition coefficient (Wildman–Crippen LogP) is 2.46. The van der Waals surface area contributed by atoms with Crippen LogP contribution in [0.15, 0.2) is 30.7 Å². The van der Waals surface area contributed by atoms with Crippen molar-refractivity contribution in [2.45, 2.75) is 12.8 Å². The molecule has 2 aromatic heterocycles. The predicted molar refractivity (Wildman–Crippen MR) is 82.8 cm³/mol. The molecular weight excluding hydrogens is 264 g/mol. The summed E-state index contributed by atoms with van der Waals surface area (Å²) in [5.41, 5.74) is 4.46. The summed E-state index contributed by atoms with van der Waals surface area (Å²) in [4.78, 5) is 8.59. The molecule has 2 N–H and O–H groups in total. The van der Waals surface area contributed by atoms with Crippen LogP contribution in [-0.4, -0.2) is 26.3 Å². The second kappa shape index (κ2) is 4.73. The molecule has 6 heteroatoms. The SMILES string of the molecule is Cn1ncc2c(Nc3ccc4c(c3)CCCN4)ncnc21. The molecule has 0 bridgehead atoms. The van der Waals surface area contributed by atoms with Gasteiger partial charge in [0.1, 0.15) is 12.1 Å². The number of aryl methyl sites for hydroxylation is 2. The van der Waals surface area contributed by atoms with E-state index in [1.807, 2.05) is 7.05 Å². The third-order valence-corrected chi connectivity index (χ3v) is 3.84. The Morgan fingerprint density at radius 1 is 1.29 bits per heavy atom. The minimum Gasteiger partial charge on any atom is -0.385 e. The number of fused-ring (bicyclic) bond motifs is 2. The van der Waals surface area contributed by atoms with Crippen molar-refractivity contribution in [1.82, 2.24) is 19.7 Å². The van der Waals surface area contributed by atoms with Crippen LogP contribution in [0.2, 0.25) is 0 Å². The van der Waals surface area contributed by atoms with E-state index >= 15 is 0 Å². The van der Waals surface area contributed by atoms with Crippen LogP contribution >= 0.6 is 0 Å². The number of nitrogens with one attached hydrogen (secondary N) is 2. The number of anilines is 3. The Kier molecular flexibility index (Phi) is 2.73. The van der Waals surface area contributed by atoms with Crippen molar-refractivity contribution in [3.8, 4) is 0 Å². The highest BCUT2D eigenvalue weighted by Crippen LogP contribution is 2.28. The molecule has 0 fully saturated rings. The van der Waals surface area contributed by atoms with Crippen LogP contribution < -0.4 is 10.6 Å². The number of aromatic nitrogens is 4. The molecule has 0 saturated heterocycles. The van der Waals surface area contributed by atoms with Gasteiger partial charge in [0.05, 0.1) is 11.6 Å². The van der Waals surface area contributed by atoms with Gasteiger partial charge in [0.25, 0.3) is 0 Å². The minimum atomic E-state index is 0.789. The van der Waals surface area contributed by atoms with Gasteiger partial charge in [0.15, 0.2) is 5.65 Å². The molecule has 0 aliphatic carbocycles. The van der Waals surface area contributed by atoms with Crippen molar-refractivity contribution in [3.05, 3.63) is 36.3 Å². The maximum atomic E-state index is 4.34. The molecule has 0 saturated carbocycles. The number of hydrogen-bond donors (Lipinski definition) is 2. The third-order valence-electron chi connectivity index (χ3n) is 3.84. The van der Waals surface area contributed by atoms with Gasteiger partial charge in [0.2, 0.25) is 0 Å². The van der Waals surface area contributed by atoms with Gasteiger partial charge in [-0.1, -0.05) is 0 Å². The normalized spacial score (nSPS) is 13.8. The molecule has 106 valence electrons. The Morgan fingerprint density at radius 2 is 2.24 bits per heavy atom. The number of benzene rings is 1. The van der Waals surface area contributed by atoms with Crippen molar-refractivity contribution in [2.24, 2.45) is 7.05 Å². The summed E-state index contributed by atoms with van der Waals surface area (Å²) in [7, 11) is 1.88. The van der Waals surface area contributed by atoms with E-state index in [-0.39, 0.29) is 0 Å². The lowest BCUT2D eigenvalue weighted by Crippen LogP contribution is -2.11. The second-order valence-electron chi connectivity index (χ2n) is 5.25. The van der Waals surface area contributed by atoms with Crippen LogP contribution in [0.3, 0.4) is 0 Å². The van der Waals surface area contributed by atoms with Crippen LogP contribution in [-0.2, 0) is 13.5 Å². The van der Waals surface area contributed by atoms with Gasteiger partial charge in [0, 0.05) is 25.0 Å². The molecule has 3 heterocycles. The molecule has 3 aromatic rings. The Morgan fingerprint density at radius 3 is 3.19 bits per heavy atom. The Bertz CT molecular complexity index is 807. The molecule has 1 aliphatic rings.